The molecule has 0 saturated carbocycles. The maximum atomic E-state index is 12.4. The van der Waals surface area contributed by atoms with E-state index in [0.717, 1.165) is 12.1 Å². The van der Waals surface area contributed by atoms with Crippen LogP contribution in [0.3, 0.4) is 0 Å². The highest BCUT2D eigenvalue weighted by atomic mass is 19.4. The molecule has 0 aromatic heterocycles. The first-order chi connectivity index (χ1) is 9.36. The minimum absolute atomic E-state index is 0.259. The lowest BCUT2D eigenvalue weighted by Gasteiger charge is -2.05. The van der Waals surface area contributed by atoms with E-state index >= 15 is 0 Å². The zero-order valence-corrected chi connectivity index (χ0v) is 10.1. The maximum Gasteiger partial charge on any atom is 0.416 e. The van der Waals surface area contributed by atoms with Crippen molar-refractivity contribution in [2.75, 3.05) is 0 Å². The van der Waals surface area contributed by atoms with Crippen molar-refractivity contribution in [2.45, 2.75) is 6.18 Å². The lowest BCUT2D eigenvalue weighted by molar-refractivity contribution is -0.137. The van der Waals surface area contributed by atoms with Crippen LogP contribution in [0.1, 0.15) is 16.7 Å². The first-order valence-electron chi connectivity index (χ1n) is 5.57. The third-order valence-electron chi connectivity index (χ3n) is 2.54. The van der Waals surface area contributed by atoms with Gasteiger partial charge in [-0.1, -0.05) is 11.8 Å². The number of aromatic hydroxyl groups is 2. The molecule has 0 atom stereocenters. The number of phenolic OH excluding ortho intramolecular Hbond substituents is 2. The fourth-order valence-corrected chi connectivity index (χ4v) is 1.49. The van der Waals surface area contributed by atoms with E-state index < -0.39 is 11.7 Å². The summed E-state index contributed by atoms with van der Waals surface area (Å²) in [5.74, 6) is 4.80. The fourth-order valence-electron chi connectivity index (χ4n) is 1.49. The molecule has 0 saturated heterocycles. The molecule has 0 heterocycles. The summed E-state index contributed by atoms with van der Waals surface area (Å²) in [5, 5.41) is 18.4. The van der Waals surface area contributed by atoms with Crippen molar-refractivity contribution in [3.05, 3.63) is 59.2 Å². The summed E-state index contributed by atoms with van der Waals surface area (Å²) < 4.78 is 37.1. The summed E-state index contributed by atoms with van der Waals surface area (Å²) >= 11 is 0. The van der Waals surface area contributed by atoms with Crippen LogP contribution < -0.4 is 0 Å². The van der Waals surface area contributed by atoms with E-state index in [1.807, 2.05) is 0 Å². The molecule has 2 aromatic carbocycles. The van der Waals surface area contributed by atoms with Gasteiger partial charge in [-0.2, -0.15) is 13.2 Å². The molecule has 2 N–H and O–H groups in total. The number of phenols is 2. The first-order valence-corrected chi connectivity index (χ1v) is 5.57. The van der Waals surface area contributed by atoms with Gasteiger partial charge < -0.3 is 10.2 Å². The standard InChI is InChI=1S/C15H9F3O2/c16-15(17,18)12-6-3-10(4-7-12)1-2-11-5-8-13(19)14(20)9-11/h3-9,19-20H. The number of alkyl halides is 3. The molecule has 0 spiro atoms. The van der Waals surface area contributed by atoms with Crippen molar-refractivity contribution in [1.29, 1.82) is 0 Å². The van der Waals surface area contributed by atoms with Gasteiger partial charge in [-0.05, 0) is 42.5 Å². The second-order valence-corrected chi connectivity index (χ2v) is 4.03. The molecule has 0 bridgehead atoms. The minimum atomic E-state index is -4.37. The van der Waals surface area contributed by atoms with E-state index in [9.17, 15) is 18.3 Å². The highest BCUT2D eigenvalue weighted by Crippen LogP contribution is 2.29. The third-order valence-corrected chi connectivity index (χ3v) is 2.54. The number of halogens is 3. The van der Waals surface area contributed by atoms with Gasteiger partial charge in [0.1, 0.15) is 0 Å². The largest absolute Gasteiger partial charge is 0.504 e. The molecule has 0 aliphatic heterocycles. The SMILES string of the molecule is Oc1ccc(C#Cc2ccc(C(F)(F)F)cc2)cc1O. The number of rotatable bonds is 0. The highest BCUT2D eigenvalue weighted by Gasteiger charge is 2.29. The fraction of sp³-hybridized carbons (Fsp3) is 0.0667. The van der Waals surface area contributed by atoms with Gasteiger partial charge in [0.15, 0.2) is 11.5 Å². The van der Waals surface area contributed by atoms with Crippen LogP contribution in [0, 0.1) is 11.8 Å². The predicted octanol–water partition coefficient (Wildman–Crippen LogP) is 3.52. The molecule has 2 nitrogen and oxygen atoms in total. The van der Waals surface area contributed by atoms with Gasteiger partial charge in [-0.3, -0.25) is 0 Å². The molecule has 2 rings (SSSR count). The molecule has 0 unspecified atom stereocenters. The van der Waals surface area contributed by atoms with E-state index in [1.54, 1.807) is 0 Å². The lowest BCUT2D eigenvalue weighted by Crippen LogP contribution is -2.04. The predicted molar refractivity (Wildman–Crippen MR) is 67.2 cm³/mol. The van der Waals surface area contributed by atoms with Gasteiger partial charge in [0.05, 0.1) is 5.56 Å². The molecule has 0 aliphatic carbocycles. The van der Waals surface area contributed by atoms with Gasteiger partial charge >= 0.3 is 6.18 Å². The minimum Gasteiger partial charge on any atom is -0.504 e. The second kappa shape index (κ2) is 5.17. The summed E-state index contributed by atoms with van der Waals surface area (Å²) in [6, 6.07) is 8.51. The zero-order valence-electron chi connectivity index (χ0n) is 10.1. The lowest BCUT2D eigenvalue weighted by atomic mass is 10.1. The van der Waals surface area contributed by atoms with Crippen LogP contribution in [0.15, 0.2) is 42.5 Å². The molecule has 0 fully saturated rings. The van der Waals surface area contributed by atoms with Crippen LogP contribution >= 0.6 is 0 Å². The summed E-state index contributed by atoms with van der Waals surface area (Å²) in [7, 11) is 0. The number of benzene rings is 2. The Bertz CT molecular complexity index is 677. The third kappa shape index (κ3) is 3.23. The monoisotopic (exact) mass is 278 g/mol. The van der Waals surface area contributed by atoms with Crippen LogP contribution in [0.2, 0.25) is 0 Å². The molecule has 5 heteroatoms. The molecule has 2 aromatic rings. The average molecular weight is 278 g/mol. The average Bonchev–Trinajstić information content (AvgIpc) is 2.40. The molecule has 0 aliphatic rings. The topological polar surface area (TPSA) is 40.5 Å². The smallest absolute Gasteiger partial charge is 0.416 e. The number of hydrogen-bond acceptors (Lipinski definition) is 2. The molecule has 20 heavy (non-hydrogen) atoms. The zero-order chi connectivity index (χ0) is 14.8. The number of hydrogen-bond donors (Lipinski definition) is 2. The Labute approximate surface area is 113 Å². The molecular formula is C15H9F3O2. The van der Waals surface area contributed by atoms with Crippen LogP contribution in [0.25, 0.3) is 0 Å². The Morgan fingerprint density at radius 3 is 1.85 bits per heavy atom. The van der Waals surface area contributed by atoms with E-state index in [1.165, 1.54) is 30.3 Å². The van der Waals surface area contributed by atoms with Crippen molar-refractivity contribution in [3.63, 3.8) is 0 Å². The normalized spacial score (nSPS) is 10.8. The Morgan fingerprint density at radius 2 is 1.30 bits per heavy atom. The van der Waals surface area contributed by atoms with Crippen LogP contribution in [0.5, 0.6) is 11.5 Å². The summed E-state index contributed by atoms with van der Waals surface area (Å²) in [6.07, 6.45) is -4.37. The van der Waals surface area contributed by atoms with Crippen molar-refractivity contribution in [1.82, 2.24) is 0 Å². The Balaban J connectivity index is 2.22. The second-order valence-electron chi connectivity index (χ2n) is 4.03. The first kappa shape index (κ1) is 13.8. The van der Waals surface area contributed by atoms with Crippen molar-refractivity contribution in [3.8, 4) is 23.3 Å². The molecule has 0 amide bonds. The quantitative estimate of drug-likeness (QED) is 0.572. The Kier molecular flexibility index (Phi) is 3.57. The molecule has 0 radical (unpaired) electrons. The molecule has 102 valence electrons. The Morgan fingerprint density at radius 1 is 0.750 bits per heavy atom. The van der Waals surface area contributed by atoms with Gasteiger partial charge in [0.2, 0.25) is 0 Å². The van der Waals surface area contributed by atoms with Crippen LogP contribution in [-0.4, -0.2) is 10.2 Å². The van der Waals surface area contributed by atoms with Crippen LogP contribution in [-0.2, 0) is 6.18 Å². The van der Waals surface area contributed by atoms with E-state index in [0.29, 0.717) is 11.1 Å². The summed E-state index contributed by atoms with van der Waals surface area (Å²) in [6.45, 7) is 0. The van der Waals surface area contributed by atoms with Crippen LogP contribution in [0.4, 0.5) is 13.2 Å². The maximum absolute atomic E-state index is 12.4. The van der Waals surface area contributed by atoms with Crippen molar-refractivity contribution >= 4 is 0 Å². The van der Waals surface area contributed by atoms with E-state index in [-0.39, 0.29) is 11.5 Å². The highest BCUT2D eigenvalue weighted by molar-refractivity contribution is 5.49. The molecular weight excluding hydrogens is 269 g/mol. The van der Waals surface area contributed by atoms with E-state index in [4.69, 9.17) is 5.11 Å². The van der Waals surface area contributed by atoms with Crippen molar-refractivity contribution in [2.24, 2.45) is 0 Å². The summed E-state index contributed by atoms with van der Waals surface area (Å²) in [5.41, 5.74) is 0.135. The van der Waals surface area contributed by atoms with Gasteiger partial charge in [0, 0.05) is 11.1 Å². The Hall–Kier alpha value is -2.61. The van der Waals surface area contributed by atoms with Gasteiger partial charge in [-0.15, -0.1) is 0 Å². The van der Waals surface area contributed by atoms with E-state index in [2.05, 4.69) is 11.8 Å². The summed E-state index contributed by atoms with van der Waals surface area (Å²) in [4.78, 5) is 0. The van der Waals surface area contributed by atoms with Gasteiger partial charge in [0.25, 0.3) is 0 Å². The van der Waals surface area contributed by atoms with Gasteiger partial charge in [-0.25, -0.2) is 0 Å². The van der Waals surface area contributed by atoms with Crippen molar-refractivity contribution < 1.29 is 23.4 Å².